The summed E-state index contributed by atoms with van der Waals surface area (Å²) in [5.41, 5.74) is 3.84. The van der Waals surface area contributed by atoms with Crippen molar-refractivity contribution in [2.75, 3.05) is 24.6 Å². The molecular formula is C20H28N4O. The van der Waals surface area contributed by atoms with E-state index in [0.717, 1.165) is 25.3 Å². The maximum atomic E-state index is 5.95. The molecule has 4 rings (SSSR count). The van der Waals surface area contributed by atoms with Gasteiger partial charge in [-0.25, -0.2) is 0 Å². The molecule has 3 heterocycles. The van der Waals surface area contributed by atoms with Crippen LogP contribution in [0, 0.1) is 0 Å². The summed E-state index contributed by atoms with van der Waals surface area (Å²) in [4.78, 5) is 2.50. The zero-order chi connectivity index (χ0) is 17.1. The molecule has 1 aromatic carbocycles. The third-order valence-electron chi connectivity index (χ3n) is 5.47. The standard InChI is InChI=1S/C20H28N4O/c1-23-19(9-11-22-23)20-18(10-14-25-20)21-15-16-5-7-17(8-6-16)24-12-3-2-4-13-24/h5-9,11,18,20-21H,2-4,10,12-15H2,1H3/t18-,20-/m1/s1. The van der Waals surface area contributed by atoms with Gasteiger partial charge in [0.15, 0.2) is 0 Å². The lowest BCUT2D eigenvalue weighted by molar-refractivity contribution is 0.0919. The van der Waals surface area contributed by atoms with E-state index >= 15 is 0 Å². The Morgan fingerprint density at radius 1 is 1.12 bits per heavy atom. The van der Waals surface area contributed by atoms with Gasteiger partial charge in [0.25, 0.3) is 0 Å². The number of hydrogen-bond donors (Lipinski definition) is 1. The summed E-state index contributed by atoms with van der Waals surface area (Å²) in [6.07, 6.45) is 7.00. The van der Waals surface area contributed by atoms with E-state index in [2.05, 4.69) is 45.6 Å². The Kier molecular flexibility index (Phi) is 5.04. The highest BCUT2D eigenvalue weighted by molar-refractivity contribution is 5.47. The van der Waals surface area contributed by atoms with Crippen molar-refractivity contribution in [2.45, 2.75) is 44.4 Å². The quantitative estimate of drug-likeness (QED) is 0.908. The van der Waals surface area contributed by atoms with Crippen molar-refractivity contribution >= 4 is 5.69 Å². The highest BCUT2D eigenvalue weighted by atomic mass is 16.5. The molecule has 25 heavy (non-hydrogen) atoms. The SMILES string of the molecule is Cn1nccc1[C@@H]1OCC[C@H]1NCc1ccc(N2CCCCC2)cc1. The second-order valence-corrected chi connectivity index (χ2v) is 7.16. The Hall–Kier alpha value is -1.85. The molecule has 0 bridgehead atoms. The molecule has 0 saturated carbocycles. The largest absolute Gasteiger partial charge is 0.372 e. The summed E-state index contributed by atoms with van der Waals surface area (Å²) >= 11 is 0. The minimum Gasteiger partial charge on any atom is -0.372 e. The van der Waals surface area contributed by atoms with Gasteiger partial charge in [0, 0.05) is 51.2 Å². The molecule has 2 atom stereocenters. The summed E-state index contributed by atoms with van der Waals surface area (Å²) in [7, 11) is 1.98. The number of piperidine rings is 1. The first-order valence-electron chi connectivity index (χ1n) is 9.48. The molecule has 1 aromatic heterocycles. The summed E-state index contributed by atoms with van der Waals surface area (Å²) < 4.78 is 7.86. The van der Waals surface area contributed by atoms with Gasteiger partial charge in [-0.05, 0) is 49.4 Å². The number of hydrogen-bond acceptors (Lipinski definition) is 4. The fraction of sp³-hybridized carbons (Fsp3) is 0.550. The molecule has 2 aliphatic heterocycles. The number of rotatable bonds is 5. The zero-order valence-electron chi connectivity index (χ0n) is 15.0. The molecule has 2 aliphatic rings. The third-order valence-corrected chi connectivity index (χ3v) is 5.47. The van der Waals surface area contributed by atoms with Gasteiger partial charge in [-0.2, -0.15) is 5.10 Å². The molecule has 0 spiro atoms. The molecule has 1 N–H and O–H groups in total. The topological polar surface area (TPSA) is 42.3 Å². The fourth-order valence-electron chi connectivity index (χ4n) is 3.98. The van der Waals surface area contributed by atoms with Crippen LogP contribution in [0.3, 0.4) is 0 Å². The van der Waals surface area contributed by atoms with Crippen LogP contribution >= 0.6 is 0 Å². The molecule has 2 fully saturated rings. The van der Waals surface area contributed by atoms with Crippen LogP contribution in [0.2, 0.25) is 0 Å². The van der Waals surface area contributed by atoms with Crippen molar-refractivity contribution in [1.82, 2.24) is 15.1 Å². The molecule has 0 amide bonds. The van der Waals surface area contributed by atoms with E-state index in [9.17, 15) is 0 Å². The smallest absolute Gasteiger partial charge is 0.114 e. The van der Waals surface area contributed by atoms with Crippen LogP contribution < -0.4 is 10.2 Å². The highest BCUT2D eigenvalue weighted by Gasteiger charge is 2.31. The Labute approximate surface area is 150 Å². The van der Waals surface area contributed by atoms with Crippen molar-refractivity contribution in [3.8, 4) is 0 Å². The summed E-state index contributed by atoms with van der Waals surface area (Å²) in [5.74, 6) is 0. The van der Waals surface area contributed by atoms with Crippen LogP contribution in [0.25, 0.3) is 0 Å². The van der Waals surface area contributed by atoms with Crippen molar-refractivity contribution in [3.63, 3.8) is 0 Å². The normalized spacial score (nSPS) is 24.0. The first kappa shape index (κ1) is 16.6. The van der Waals surface area contributed by atoms with Gasteiger partial charge in [0.1, 0.15) is 6.10 Å². The van der Waals surface area contributed by atoms with E-state index in [0.29, 0.717) is 6.04 Å². The fourth-order valence-corrected chi connectivity index (χ4v) is 3.98. The Morgan fingerprint density at radius 2 is 1.92 bits per heavy atom. The van der Waals surface area contributed by atoms with Crippen molar-refractivity contribution in [1.29, 1.82) is 0 Å². The Morgan fingerprint density at radius 3 is 2.64 bits per heavy atom. The number of aromatic nitrogens is 2. The summed E-state index contributed by atoms with van der Waals surface area (Å²) in [6.45, 7) is 4.08. The second-order valence-electron chi connectivity index (χ2n) is 7.16. The minimum atomic E-state index is 0.0973. The van der Waals surface area contributed by atoms with Crippen molar-refractivity contribution in [2.24, 2.45) is 7.05 Å². The van der Waals surface area contributed by atoms with Crippen LogP contribution in [0.5, 0.6) is 0 Å². The average Bonchev–Trinajstić information content (AvgIpc) is 3.29. The predicted octanol–water partition coefficient (Wildman–Crippen LogP) is 3.03. The van der Waals surface area contributed by atoms with Gasteiger partial charge in [-0.3, -0.25) is 4.68 Å². The number of aryl methyl sites for hydroxylation is 1. The van der Waals surface area contributed by atoms with Crippen molar-refractivity contribution < 1.29 is 4.74 Å². The van der Waals surface area contributed by atoms with Crippen molar-refractivity contribution in [3.05, 3.63) is 47.8 Å². The number of benzene rings is 1. The molecule has 5 heteroatoms. The molecule has 0 radical (unpaired) electrons. The number of nitrogens with zero attached hydrogens (tertiary/aromatic N) is 3. The van der Waals surface area contributed by atoms with Gasteiger partial charge in [-0.15, -0.1) is 0 Å². The maximum absolute atomic E-state index is 5.95. The van der Waals surface area contributed by atoms with Crippen LogP contribution in [-0.4, -0.2) is 35.5 Å². The molecular weight excluding hydrogens is 312 g/mol. The predicted molar refractivity (Wildman–Crippen MR) is 99.7 cm³/mol. The maximum Gasteiger partial charge on any atom is 0.114 e. The van der Waals surface area contributed by atoms with E-state index in [1.165, 1.54) is 43.6 Å². The Bertz CT molecular complexity index is 675. The Balaban J connectivity index is 1.35. The first-order valence-corrected chi connectivity index (χ1v) is 9.48. The first-order chi connectivity index (χ1) is 12.3. The van der Waals surface area contributed by atoms with Gasteiger partial charge < -0.3 is 15.0 Å². The van der Waals surface area contributed by atoms with Gasteiger partial charge in [0.05, 0.1) is 5.69 Å². The molecule has 5 nitrogen and oxygen atoms in total. The van der Waals surface area contributed by atoms with E-state index in [1.54, 1.807) is 0 Å². The molecule has 0 aliphatic carbocycles. The van der Waals surface area contributed by atoms with Gasteiger partial charge in [-0.1, -0.05) is 12.1 Å². The summed E-state index contributed by atoms with van der Waals surface area (Å²) in [5, 5.41) is 7.96. The van der Waals surface area contributed by atoms with Gasteiger partial charge >= 0.3 is 0 Å². The number of anilines is 1. The molecule has 2 aromatic rings. The summed E-state index contributed by atoms with van der Waals surface area (Å²) in [6, 6.07) is 11.4. The van der Waals surface area contributed by atoms with E-state index < -0.39 is 0 Å². The third kappa shape index (κ3) is 3.72. The van der Waals surface area contributed by atoms with Crippen LogP contribution in [0.4, 0.5) is 5.69 Å². The van der Waals surface area contributed by atoms with E-state index in [4.69, 9.17) is 4.74 Å². The lowest BCUT2D eigenvalue weighted by Gasteiger charge is -2.29. The van der Waals surface area contributed by atoms with Gasteiger partial charge in [0.2, 0.25) is 0 Å². The second kappa shape index (κ2) is 7.58. The minimum absolute atomic E-state index is 0.0973. The molecule has 134 valence electrons. The lowest BCUT2D eigenvalue weighted by atomic mass is 10.1. The molecule has 0 unspecified atom stereocenters. The molecule has 2 saturated heterocycles. The average molecular weight is 340 g/mol. The van der Waals surface area contributed by atoms with E-state index in [1.807, 2.05) is 17.9 Å². The van der Waals surface area contributed by atoms with Crippen LogP contribution in [-0.2, 0) is 18.3 Å². The highest BCUT2D eigenvalue weighted by Crippen LogP contribution is 2.29. The monoisotopic (exact) mass is 340 g/mol. The number of nitrogens with one attached hydrogen (secondary N) is 1. The zero-order valence-corrected chi connectivity index (χ0v) is 15.0. The van der Waals surface area contributed by atoms with Crippen LogP contribution in [0.1, 0.15) is 43.0 Å². The van der Waals surface area contributed by atoms with Crippen LogP contribution in [0.15, 0.2) is 36.5 Å². The number of ether oxygens (including phenoxy) is 1. The lowest BCUT2D eigenvalue weighted by Crippen LogP contribution is -2.32. The van der Waals surface area contributed by atoms with E-state index in [-0.39, 0.29) is 6.10 Å².